The molecule has 0 saturated heterocycles. The summed E-state index contributed by atoms with van der Waals surface area (Å²) in [5.41, 5.74) is 0.508. The van der Waals surface area contributed by atoms with E-state index in [1.807, 2.05) is 0 Å². The molecule has 0 aliphatic heterocycles. The largest absolute Gasteiger partial charge is 0.352 e. The van der Waals surface area contributed by atoms with Crippen molar-refractivity contribution in [1.82, 2.24) is 10.2 Å². The summed E-state index contributed by atoms with van der Waals surface area (Å²) in [6.07, 6.45) is 0.244. The highest BCUT2D eigenvalue weighted by Crippen LogP contribution is 2.29. The van der Waals surface area contributed by atoms with Crippen LogP contribution in [0.25, 0.3) is 0 Å². The van der Waals surface area contributed by atoms with Crippen LogP contribution in [0.15, 0.2) is 77.7 Å². The highest BCUT2D eigenvalue weighted by atomic mass is 35.5. The number of nitrogens with one attached hydrogen (secondary N) is 1. The van der Waals surface area contributed by atoms with Gasteiger partial charge in [-0.1, -0.05) is 54.4 Å². The van der Waals surface area contributed by atoms with Gasteiger partial charge in [0.15, 0.2) is 0 Å². The van der Waals surface area contributed by atoms with Crippen LogP contribution >= 0.6 is 23.2 Å². The van der Waals surface area contributed by atoms with E-state index in [0.717, 1.165) is 16.4 Å². The van der Waals surface area contributed by atoms with Crippen LogP contribution in [0.1, 0.15) is 32.8 Å². The molecule has 0 saturated carbocycles. The van der Waals surface area contributed by atoms with E-state index >= 15 is 0 Å². The fourth-order valence-corrected chi connectivity index (χ4v) is 5.96. The minimum absolute atomic E-state index is 0.0487. The van der Waals surface area contributed by atoms with Crippen molar-refractivity contribution >= 4 is 50.7 Å². The number of hydrogen-bond donors (Lipinski definition) is 1. The number of halogens is 3. The lowest BCUT2D eigenvalue weighted by Crippen LogP contribution is -2.53. The molecular formula is C28H30Cl2FN3O4S. The third-order valence-electron chi connectivity index (χ3n) is 5.93. The average molecular weight is 595 g/mol. The van der Waals surface area contributed by atoms with Gasteiger partial charge in [0.05, 0.1) is 10.6 Å². The first-order valence-electron chi connectivity index (χ1n) is 12.3. The predicted molar refractivity (Wildman–Crippen MR) is 152 cm³/mol. The van der Waals surface area contributed by atoms with Crippen LogP contribution in [0.5, 0.6) is 0 Å². The lowest BCUT2D eigenvalue weighted by Gasteiger charge is -2.34. The first kappa shape index (κ1) is 30.4. The van der Waals surface area contributed by atoms with Gasteiger partial charge in [-0.05, 0) is 68.8 Å². The second kappa shape index (κ2) is 13.3. The van der Waals surface area contributed by atoms with Crippen LogP contribution < -0.4 is 9.62 Å². The molecule has 0 spiro atoms. The molecule has 39 heavy (non-hydrogen) atoms. The molecule has 3 aromatic carbocycles. The second-order valence-electron chi connectivity index (χ2n) is 9.11. The van der Waals surface area contributed by atoms with Gasteiger partial charge in [-0.3, -0.25) is 13.9 Å². The number of anilines is 1. The zero-order chi connectivity index (χ0) is 28.7. The van der Waals surface area contributed by atoms with E-state index in [-0.39, 0.29) is 29.6 Å². The van der Waals surface area contributed by atoms with E-state index in [1.54, 1.807) is 57.2 Å². The molecule has 0 radical (unpaired) electrons. The van der Waals surface area contributed by atoms with Crippen molar-refractivity contribution in [3.63, 3.8) is 0 Å². The first-order chi connectivity index (χ1) is 18.4. The maximum Gasteiger partial charge on any atom is 0.264 e. The number of carbonyl (C=O) groups excluding carboxylic acids is 2. The summed E-state index contributed by atoms with van der Waals surface area (Å²) in [4.78, 5) is 28.4. The molecule has 2 amide bonds. The van der Waals surface area contributed by atoms with Gasteiger partial charge in [0.25, 0.3) is 10.0 Å². The molecule has 0 fully saturated rings. The van der Waals surface area contributed by atoms with Crippen molar-refractivity contribution in [2.75, 3.05) is 10.8 Å². The molecule has 1 atom stereocenters. The van der Waals surface area contributed by atoms with Crippen molar-refractivity contribution < 1.29 is 22.4 Å². The van der Waals surface area contributed by atoms with E-state index < -0.39 is 40.2 Å². The monoisotopic (exact) mass is 593 g/mol. The fraction of sp³-hybridized carbons (Fsp3) is 0.286. The molecule has 1 N–H and O–H groups in total. The van der Waals surface area contributed by atoms with Gasteiger partial charge in [-0.15, -0.1) is 0 Å². The highest BCUT2D eigenvalue weighted by molar-refractivity contribution is 7.92. The second-order valence-corrected chi connectivity index (χ2v) is 11.8. The molecule has 7 nitrogen and oxygen atoms in total. The maximum absolute atomic E-state index is 14.0. The van der Waals surface area contributed by atoms with Crippen molar-refractivity contribution in [3.8, 4) is 0 Å². The van der Waals surface area contributed by atoms with Crippen LogP contribution in [0.4, 0.5) is 10.1 Å². The van der Waals surface area contributed by atoms with Crippen molar-refractivity contribution in [2.45, 2.75) is 50.7 Å². The molecule has 0 unspecified atom stereocenters. The Hall–Kier alpha value is -3.14. The van der Waals surface area contributed by atoms with Gasteiger partial charge in [-0.25, -0.2) is 12.8 Å². The minimum atomic E-state index is -4.25. The Labute approximate surface area is 238 Å². The number of sulfonamides is 1. The maximum atomic E-state index is 14.0. The Balaban J connectivity index is 2.09. The molecule has 0 bridgehead atoms. The fourth-order valence-electron chi connectivity index (χ4n) is 4.01. The van der Waals surface area contributed by atoms with Crippen LogP contribution in [0.2, 0.25) is 10.0 Å². The van der Waals surface area contributed by atoms with Gasteiger partial charge in [0, 0.05) is 28.2 Å². The molecule has 0 aliphatic carbocycles. The molecule has 0 aromatic heterocycles. The predicted octanol–water partition coefficient (Wildman–Crippen LogP) is 5.66. The van der Waals surface area contributed by atoms with Gasteiger partial charge < -0.3 is 10.2 Å². The van der Waals surface area contributed by atoms with Gasteiger partial charge in [-0.2, -0.15) is 0 Å². The number of benzene rings is 3. The van der Waals surface area contributed by atoms with E-state index in [0.29, 0.717) is 15.6 Å². The third kappa shape index (κ3) is 7.50. The van der Waals surface area contributed by atoms with E-state index in [1.165, 1.54) is 29.2 Å². The number of carbonyl (C=O) groups is 2. The molecule has 208 valence electrons. The molecular weight excluding hydrogens is 564 g/mol. The van der Waals surface area contributed by atoms with Gasteiger partial charge in [0.1, 0.15) is 18.4 Å². The van der Waals surface area contributed by atoms with Crippen molar-refractivity contribution in [1.29, 1.82) is 0 Å². The summed E-state index contributed by atoms with van der Waals surface area (Å²) in [5, 5.41) is 3.41. The third-order valence-corrected chi connectivity index (χ3v) is 8.43. The number of amides is 2. The molecule has 3 aromatic rings. The number of hydrogen-bond acceptors (Lipinski definition) is 4. The highest BCUT2D eigenvalue weighted by Gasteiger charge is 2.34. The Morgan fingerprint density at radius 3 is 2.05 bits per heavy atom. The topological polar surface area (TPSA) is 86.8 Å². The number of rotatable bonds is 11. The van der Waals surface area contributed by atoms with Crippen LogP contribution in [0, 0.1) is 5.82 Å². The first-order valence-corrected chi connectivity index (χ1v) is 14.5. The van der Waals surface area contributed by atoms with Crippen molar-refractivity contribution in [2.24, 2.45) is 0 Å². The van der Waals surface area contributed by atoms with Gasteiger partial charge in [0.2, 0.25) is 11.8 Å². The van der Waals surface area contributed by atoms with Crippen LogP contribution in [0.3, 0.4) is 0 Å². The summed E-state index contributed by atoms with van der Waals surface area (Å²) in [6.45, 7) is 4.55. The quantitative estimate of drug-likeness (QED) is 0.311. The summed E-state index contributed by atoms with van der Waals surface area (Å²) < 4.78 is 42.0. The van der Waals surface area contributed by atoms with Crippen LogP contribution in [-0.4, -0.2) is 43.8 Å². The summed E-state index contributed by atoms with van der Waals surface area (Å²) >= 11 is 12.8. The lowest BCUT2D eigenvalue weighted by atomic mass is 10.1. The standard InChI is InChI=1S/C28H30Cl2FN3O4S/c1-4-26(28(36)32-19(2)3)33(17-23-24(29)11-8-12-25(23)30)27(35)18-34(21-15-13-20(31)14-16-21)39(37,38)22-9-6-5-7-10-22/h5-16,19,26H,4,17-18H2,1-3H3,(H,32,36)/t26-/m1/s1. The average Bonchev–Trinajstić information content (AvgIpc) is 2.89. The molecule has 11 heteroatoms. The normalized spacial score (nSPS) is 12.2. The van der Waals surface area contributed by atoms with Gasteiger partial charge >= 0.3 is 0 Å². The Bertz CT molecular complexity index is 1380. The summed E-state index contributed by atoms with van der Waals surface area (Å²) in [5.74, 6) is -1.63. The van der Waals surface area contributed by atoms with E-state index in [9.17, 15) is 22.4 Å². The molecule has 0 aliphatic rings. The smallest absolute Gasteiger partial charge is 0.264 e. The van der Waals surface area contributed by atoms with Crippen LogP contribution in [-0.2, 0) is 26.2 Å². The number of nitrogens with zero attached hydrogens (tertiary/aromatic N) is 2. The Kier molecular flexibility index (Phi) is 10.4. The van der Waals surface area contributed by atoms with E-state index in [2.05, 4.69) is 5.32 Å². The molecule has 3 rings (SSSR count). The Morgan fingerprint density at radius 1 is 0.923 bits per heavy atom. The SMILES string of the molecule is CC[C@H](C(=O)NC(C)C)N(Cc1c(Cl)cccc1Cl)C(=O)CN(c1ccc(F)cc1)S(=O)(=O)c1ccccc1. The zero-order valence-electron chi connectivity index (χ0n) is 21.8. The van der Waals surface area contributed by atoms with Crippen molar-refractivity contribution in [3.05, 3.63) is 94.2 Å². The Morgan fingerprint density at radius 2 is 1.51 bits per heavy atom. The lowest BCUT2D eigenvalue weighted by molar-refractivity contribution is -0.140. The van der Waals surface area contributed by atoms with E-state index in [4.69, 9.17) is 23.2 Å². The summed E-state index contributed by atoms with van der Waals surface area (Å²) in [6, 6.07) is 16.1. The zero-order valence-corrected chi connectivity index (χ0v) is 24.1. The molecule has 0 heterocycles. The summed E-state index contributed by atoms with van der Waals surface area (Å²) in [7, 11) is -4.25. The minimum Gasteiger partial charge on any atom is -0.352 e.